The van der Waals surface area contributed by atoms with E-state index < -0.39 is 0 Å². The van der Waals surface area contributed by atoms with Crippen molar-refractivity contribution in [2.24, 2.45) is 0 Å². The van der Waals surface area contributed by atoms with Crippen molar-refractivity contribution < 1.29 is 13.9 Å². The zero-order valence-corrected chi connectivity index (χ0v) is 18.6. The number of aryl methyl sites for hydroxylation is 1. The van der Waals surface area contributed by atoms with Gasteiger partial charge in [0.05, 0.1) is 19.3 Å². The van der Waals surface area contributed by atoms with Gasteiger partial charge in [-0.25, -0.2) is 4.79 Å². The lowest BCUT2D eigenvalue weighted by Gasteiger charge is -2.38. The van der Waals surface area contributed by atoms with Gasteiger partial charge in [-0.3, -0.25) is 4.90 Å². The first-order valence-corrected chi connectivity index (χ1v) is 11.0. The average molecular weight is 432 g/mol. The number of urea groups is 1. The van der Waals surface area contributed by atoms with Crippen molar-refractivity contribution in [1.82, 2.24) is 9.80 Å². The SMILES string of the molecule is COc1ccccc1NC(=O)N(Cc1ccc(C)o1)C1CCN(Cc2cc#ccc2)CC1. The molecule has 4 rings (SSSR count). The number of benzene rings is 1. The van der Waals surface area contributed by atoms with Crippen molar-refractivity contribution in [3.8, 4) is 5.75 Å². The molecule has 2 aromatic carbocycles. The van der Waals surface area contributed by atoms with E-state index in [4.69, 9.17) is 9.15 Å². The minimum Gasteiger partial charge on any atom is -0.495 e. The number of para-hydroxylation sites is 2. The Morgan fingerprint density at radius 1 is 1.19 bits per heavy atom. The molecule has 0 spiro atoms. The number of rotatable bonds is 7. The van der Waals surface area contributed by atoms with Crippen molar-refractivity contribution in [3.63, 3.8) is 0 Å². The first-order chi connectivity index (χ1) is 15.6. The maximum absolute atomic E-state index is 13.4. The Morgan fingerprint density at radius 2 is 2.00 bits per heavy atom. The van der Waals surface area contributed by atoms with Crippen molar-refractivity contribution in [1.29, 1.82) is 0 Å². The van der Waals surface area contributed by atoms with E-state index in [0.29, 0.717) is 18.0 Å². The van der Waals surface area contributed by atoms with Gasteiger partial charge in [0.1, 0.15) is 17.3 Å². The van der Waals surface area contributed by atoms with Gasteiger partial charge in [-0.1, -0.05) is 24.3 Å². The molecule has 1 aliphatic heterocycles. The van der Waals surface area contributed by atoms with E-state index in [1.165, 1.54) is 5.56 Å². The normalized spacial score (nSPS) is 14.6. The molecular weight excluding hydrogens is 402 g/mol. The van der Waals surface area contributed by atoms with Gasteiger partial charge in [-0.05, 0) is 67.8 Å². The van der Waals surface area contributed by atoms with Crippen LogP contribution in [0.15, 0.2) is 59.0 Å². The molecule has 1 aliphatic rings. The highest BCUT2D eigenvalue weighted by atomic mass is 16.5. The van der Waals surface area contributed by atoms with Gasteiger partial charge in [-0.2, -0.15) is 0 Å². The van der Waals surface area contributed by atoms with E-state index in [2.05, 4.69) is 28.4 Å². The number of carbonyl (C=O) groups excluding carboxylic acids is 1. The molecule has 0 aliphatic carbocycles. The maximum atomic E-state index is 13.4. The number of anilines is 1. The number of hydrogen-bond acceptors (Lipinski definition) is 4. The number of nitrogens with one attached hydrogen (secondary N) is 1. The summed E-state index contributed by atoms with van der Waals surface area (Å²) in [6.45, 7) is 5.10. The zero-order chi connectivity index (χ0) is 22.3. The van der Waals surface area contributed by atoms with Crippen LogP contribution in [0.2, 0.25) is 0 Å². The number of likely N-dealkylation sites (tertiary alicyclic amines) is 1. The van der Waals surface area contributed by atoms with Crippen molar-refractivity contribution in [3.05, 3.63) is 83.8 Å². The molecule has 6 nitrogen and oxygen atoms in total. The first kappa shape index (κ1) is 21.8. The van der Waals surface area contributed by atoms with E-state index in [1.54, 1.807) is 7.11 Å². The van der Waals surface area contributed by atoms with Gasteiger partial charge in [0.2, 0.25) is 0 Å². The molecule has 0 unspecified atom stereocenters. The van der Waals surface area contributed by atoms with Crippen LogP contribution in [0.1, 0.15) is 29.9 Å². The van der Waals surface area contributed by atoms with Gasteiger partial charge in [0, 0.05) is 25.7 Å². The smallest absolute Gasteiger partial charge is 0.322 e. The number of methoxy groups -OCH3 is 1. The standard InChI is InChI=1S/C26H29N3O3/c1-20-12-13-23(32-20)19-29(26(30)27-24-10-6-7-11-25(24)31-2)22-14-16-28(17-15-22)18-21-8-4-3-5-9-21/h4,6-13,22H,14-19H2,1-2H3,(H,27,30). The van der Waals surface area contributed by atoms with Crippen LogP contribution in [-0.4, -0.2) is 42.1 Å². The number of amides is 2. The third-order valence-electron chi connectivity index (χ3n) is 5.86. The molecule has 3 aromatic rings. The monoisotopic (exact) mass is 431 g/mol. The van der Waals surface area contributed by atoms with Crippen LogP contribution < -0.4 is 10.1 Å². The van der Waals surface area contributed by atoms with Gasteiger partial charge in [0.15, 0.2) is 0 Å². The van der Waals surface area contributed by atoms with Gasteiger partial charge in [-0.15, -0.1) is 0 Å². The second-order valence-electron chi connectivity index (χ2n) is 8.12. The number of nitrogens with zero attached hydrogens (tertiary/aromatic N) is 2. The largest absolute Gasteiger partial charge is 0.495 e. The Bertz CT molecular complexity index is 1010. The van der Waals surface area contributed by atoms with E-state index in [-0.39, 0.29) is 12.1 Å². The van der Waals surface area contributed by atoms with Crippen molar-refractivity contribution in [2.75, 3.05) is 25.5 Å². The first-order valence-electron chi connectivity index (χ1n) is 11.0. The summed E-state index contributed by atoms with van der Waals surface area (Å²) >= 11 is 0. The third kappa shape index (κ3) is 5.43. The van der Waals surface area contributed by atoms with E-state index >= 15 is 0 Å². The fourth-order valence-electron chi connectivity index (χ4n) is 4.16. The van der Waals surface area contributed by atoms with Gasteiger partial charge >= 0.3 is 6.03 Å². The molecular formula is C26H29N3O3. The highest BCUT2D eigenvalue weighted by Gasteiger charge is 2.29. The van der Waals surface area contributed by atoms with Crippen LogP contribution in [0.3, 0.4) is 0 Å². The Labute approximate surface area is 189 Å². The molecule has 0 saturated carbocycles. The van der Waals surface area contributed by atoms with E-state index in [9.17, 15) is 4.79 Å². The molecule has 6 heteroatoms. The Balaban J connectivity index is 1.45. The molecule has 1 aromatic heterocycles. The van der Waals surface area contributed by atoms with Crippen LogP contribution >= 0.6 is 0 Å². The Hall–Kier alpha value is -3.43. The number of ether oxygens (including phenoxy) is 1. The van der Waals surface area contributed by atoms with Gasteiger partial charge in [0.25, 0.3) is 0 Å². The van der Waals surface area contributed by atoms with Crippen LogP contribution in [0.5, 0.6) is 5.75 Å². The predicted octanol–water partition coefficient (Wildman–Crippen LogP) is 4.90. The summed E-state index contributed by atoms with van der Waals surface area (Å²) in [5.41, 5.74) is 1.90. The molecule has 0 bridgehead atoms. The molecule has 1 N–H and O–H groups in total. The second-order valence-corrected chi connectivity index (χ2v) is 8.12. The molecule has 0 radical (unpaired) electrons. The summed E-state index contributed by atoms with van der Waals surface area (Å²) in [5.74, 6) is 2.27. The van der Waals surface area contributed by atoms with Crippen molar-refractivity contribution >= 4 is 11.7 Å². The summed E-state index contributed by atoms with van der Waals surface area (Å²) in [4.78, 5) is 17.7. The quantitative estimate of drug-likeness (QED) is 0.578. The second kappa shape index (κ2) is 10.3. The summed E-state index contributed by atoms with van der Waals surface area (Å²) in [6, 6.07) is 23.2. The van der Waals surface area contributed by atoms with Crippen LogP contribution in [0.25, 0.3) is 0 Å². The summed E-state index contributed by atoms with van der Waals surface area (Å²) < 4.78 is 11.2. The molecule has 166 valence electrons. The number of hydrogen-bond donors (Lipinski definition) is 1. The minimum absolute atomic E-state index is 0.127. The third-order valence-corrected chi connectivity index (χ3v) is 5.86. The molecule has 0 atom stereocenters. The fourth-order valence-corrected chi connectivity index (χ4v) is 4.16. The number of piperidine rings is 1. The summed E-state index contributed by atoms with van der Waals surface area (Å²) in [6.07, 6.45) is 1.81. The molecule has 32 heavy (non-hydrogen) atoms. The Morgan fingerprint density at radius 3 is 2.69 bits per heavy atom. The molecule has 2 heterocycles. The summed E-state index contributed by atoms with van der Waals surface area (Å²) in [5, 5.41) is 3.04. The van der Waals surface area contributed by atoms with Crippen LogP contribution in [0, 0.1) is 19.1 Å². The minimum atomic E-state index is -0.143. The van der Waals surface area contributed by atoms with E-state index in [1.807, 2.05) is 60.4 Å². The fraction of sp³-hybridized carbons (Fsp3) is 0.346. The number of carbonyl (C=O) groups is 1. The van der Waals surface area contributed by atoms with Gasteiger partial charge < -0.3 is 19.4 Å². The highest BCUT2D eigenvalue weighted by Crippen LogP contribution is 2.26. The van der Waals surface area contributed by atoms with Crippen molar-refractivity contribution in [2.45, 2.75) is 38.9 Å². The molecule has 1 fully saturated rings. The number of furan rings is 1. The zero-order valence-electron chi connectivity index (χ0n) is 18.6. The predicted molar refractivity (Wildman–Crippen MR) is 123 cm³/mol. The summed E-state index contributed by atoms with van der Waals surface area (Å²) in [7, 11) is 1.60. The molecule has 2 amide bonds. The lowest BCUT2D eigenvalue weighted by molar-refractivity contribution is 0.115. The topological polar surface area (TPSA) is 58.0 Å². The molecule has 1 saturated heterocycles. The Kier molecular flexibility index (Phi) is 6.98. The van der Waals surface area contributed by atoms with Crippen LogP contribution in [0.4, 0.5) is 10.5 Å². The van der Waals surface area contributed by atoms with Crippen LogP contribution in [-0.2, 0) is 13.1 Å². The highest BCUT2D eigenvalue weighted by molar-refractivity contribution is 5.91. The average Bonchev–Trinajstić information content (AvgIpc) is 3.24. The maximum Gasteiger partial charge on any atom is 0.322 e. The lowest BCUT2D eigenvalue weighted by atomic mass is 10.0. The lowest BCUT2D eigenvalue weighted by Crippen LogP contribution is -2.48. The van der Waals surface area contributed by atoms with E-state index in [0.717, 1.165) is 44.0 Å².